The second-order valence-corrected chi connectivity index (χ2v) is 11.9. The highest BCUT2D eigenvalue weighted by molar-refractivity contribution is 9.10. The number of halogens is 1. The fourth-order valence-electron chi connectivity index (χ4n) is 4.70. The maximum atomic E-state index is 14.0. The minimum Gasteiger partial charge on any atom is -0.494 e. The van der Waals surface area contributed by atoms with Gasteiger partial charge in [-0.25, -0.2) is 9.79 Å². The summed E-state index contributed by atoms with van der Waals surface area (Å²) in [5, 5.41) is 0. The highest BCUT2D eigenvalue weighted by Gasteiger charge is 2.33. The molecule has 0 spiro atoms. The van der Waals surface area contributed by atoms with Crippen LogP contribution in [0.4, 0.5) is 0 Å². The molecule has 5 rings (SSSR count). The molecule has 0 radical (unpaired) electrons. The Labute approximate surface area is 256 Å². The van der Waals surface area contributed by atoms with E-state index >= 15 is 0 Å². The maximum Gasteiger partial charge on any atom is 0.338 e. The van der Waals surface area contributed by atoms with Crippen molar-refractivity contribution < 1.29 is 19.0 Å². The molecule has 2 heterocycles. The van der Waals surface area contributed by atoms with Crippen LogP contribution in [0.15, 0.2) is 98.3 Å². The van der Waals surface area contributed by atoms with Crippen LogP contribution in [-0.4, -0.2) is 23.2 Å². The van der Waals surface area contributed by atoms with Gasteiger partial charge in [0.05, 0.1) is 34.6 Å². The van der Waals surface area contributed by atoms with Crippen molar-refractivity contribution in [3.8, 4) is 11.5 Å². The Morgan fingerprint density at radius 3 is 2.45 bits per heavy atom. The molecule has 0 unspecified atom stereocenters. The summed E-state index contributed by atoms with van der Waals surface area (Å²) in [4.78, 5) is 32.6. The van der Waals surface area contributed by atoms with Crippen molar-refractivity contribution in [1.29, 1.82) is 0 Å². The second kappa shape index (κ2) is 12.9. The summed E-state index contributed by atoms with van der Waals surface area (Å²) in [5.74, 6) is 0.873. The number of hydrogen-bond donors (Lipinski definition) is 0. The molecular weight excluding hydrogens is 616 g/mol. The summed E-state index contributed by atoms with van der Waals surface area (Å²) < 4.78 is 20.4. The largest absolute Gasteiger partial charge is 0.494 e. The third-order valence-electron chi connectivity index (χ3n) is 6.60. The van der Waals surface area contributed by atoms with Crippen molar-refractivity contribution in [3.63, 3.8) is 0 Å². The van der Waals surface area contributed by atoms with Gasteiger partial charge < -0.3 is 14.2 Å². The number of carbonyl (C=O) groups excluding carboxylic acids is 1. The number of aromatic nitrogens is 1. The van der Waals surface area contributed by atoms with Crippen molar-refractivity contribution in [1.82, 2.24) is 4.57 Å². The molecule has 3 aromatic carbocycles. The first-order valence-electron chi connectivity index (χ1n) is 13.7. The van der Waals surface area contributed by atoms with Crippen molar-refractivity contribution in [2.24, 2.45) is 4.99 Å². The van der Waals surface area contributed by atoms with E-state index < -0.39 is 12.0 Å². The van der Waals surface area contributed by atoms with Gasteiger partial charge in [-0.15, -0.1) is 0 Å². The topological polar surface area (TPSA) is 79.1 Å². The number of thiazole rings is 1. The van der Waals surface area contributed by atoms with Crippen molar-refractivity contribution >= 4 is 39.3 Å². The lowest BCUT2D eigenvalue weighted by Crippen LogP contribution is -2.40. The van der Waals surface area contributed by atoms with Crippen LogP contribution in [0.5, 0.6) is 11.5 Å². The van der Waals surface area contributed by atoms with E-state index in [1.807, 2.05) is 85.8 Å². The Bertz CT molecular complexity index is 1800. The molecule has 0 N–H and O–H groups in total. The lowest BCUT2D eigenvalue weighted by Gasteiger charge is -2.25. The van der Waals surface area contributed by atoms with E-state index in [-0.39, 0.29) is 11.7 Å². The zero-order chi connectivity index (χ0) is 29.8. The van der Waals surface area contributed by atoms with Crippen molar-refractivity contribution in [3.05, 3.63) is 125 Å². The van der Waals surface area contributed by atoms with E-state index in [1.54, 1.807) is 25.3 Å². The maximum absolute atomic E-state index is 14.0. The molecule has 0 saturated heterocycles. The van der Waals surface area contributed by atoms with Crippen LogP contribution >= 0.6 is 27.3 Å². The van der Waals surface area contributed by atoms with Crippen LogP contribution in [0.3, 0.4) is 0 Å². The number of hydrogen-bond acceptors (Lipinski definition) is 7. The third-order valence-corrected chi connectivity index (χ3v) is 8.12. The van der Waals surface area contributed by atoms with Gasteiger partial charge in [0.25, 0.3) is 5.56 Å². The molecule has 7 nitrogen and oxygen atoms in total. The fourth-order valence-corrected chi connectivity index (χ4v) is 6.00. The molecule has 0 aliphatic carbocycles. The Balaban J connectivity index is 1.58. The average Bonchev–Trinajstić information content (AvgIpc) is 3.27. The van der Waals surface area contributed by atoms with Crippen LogP contribution in [0.1, 0.15) is 50.4 Å². The number of nitrogens with zero attached hydrogens (tertiary/aromatic N) is 2. The molecule has 0 fully saturated rings. The highest BCUT2D eigenvalue weighted by Crippen LogP contribution is 2.32. The Morgan fingerprint density at radius 2 is 1.76 bits per heavy atom. The molecule has 0 bridgehead atoms. The zero-order valence-corrected chi connectivity index (χ0v) is 26.2. The number of esters is 1. The first-order chi connectivity index (χ1) is 20.2. The number of benzene rings is 3. The molecule has 42 heavy (non-hydrogen) atoms. The number of carbonyl (C=O) groups is 1. The molecular formula is C33H31BrN2O5S. The van der Waals surface area contributed by atoms with Gasteiger partial charge in [-0.2, -0.15) is 0 Å². The number of fused-ring (bicyclic) bond motifs is 1. The predicted octanol–water partition coefficient (Wildman–Crippen LogP) is 5.93. The molecule has 4 aromatic rings. The van der Waals surface area contributed by atoms with Crippen LogP contribution in [0.2, 0.25) is 0 Å². The van der Waals surface area contributed by atoms with Gasteiger partial charge in [0.1, 0.15) is 18.1 Å². The SMILES string of the molecule is CCOc1ccc([C@H]2C(C(=O)OC(C)C)=C(C)N=c3s/c(=C/c4ccccc4OCc4ccc(Br)cc4)c(=O)n32)cc1. The van der Waals surface area contributed by atoms with Gasteiger partial charge in [0, 0.05) is 10.0 Å². The minimum atomic E-state index is -0.700. The van der Waals surface area contributed by atoms with E-state index in [1.165, 1.54) is 11.3 Å². The highest BCUT2D eigenvalue weighted by atomic mass is 79.9. The minimum absolute atomic E-state index is 0.248. The smallest absolute Gasteiger partial charge is 0.338 e. The first-order valence-corrected chi connectivity index (χ1v) is 15.3. The third kappa shape index (κ3) is 6.42. The van der Waals surface area contributed by atoms with E-state index in [9.17, 15) is 9.59 Å². The molecule has 1 aliphatic heterocycles. The Morgan fingerprint density at radius 1 is 1.05 bits per heavy atom. The Kier molecular flexibility index (Phi) is 9.09. The molecule has 0 amide bonds. The summed E-state index contributed by atoms with van der Waals surface area (Å²) in [5.41, 5.74) is 3.17. The van der Waals surface area contributed by atoms with E-state index in [2.05, 4.69) is 20.9 Å². The van der Waals surface area contributed by atoms with E-state index in [4.69, 9.17) is 14.2 Å². The van der Waals surface area contributed by atoms with Crippen LogP contribution < -0.4 is 24.4 Å². The van der Waals surface area contributed by atoms with Gasteiger partial charge in [0.2, 0.25) is 0 Å². The lowest BCUT2D eigenvalue weighted by atomic mass is 9.96. The van der Waals surface area contributed by atoms with Gasteiger partial charge >= 0.3 is 5.97 Å². The van der Waals surface area contributed by atoms with Crippen molar-refractivity contribution in [2.45, 2.75) is 46.4 Å². The fraction of sp³-hybridized carbons (Fsp3) is 0.242. The average molecular weight is 648 g/mol. The summed E-state index contributed by atoms with van der Waals surface area (Å²) in [7, 11) is 0. The zero-order valence-electron chi connectivity index (χ0n) is 23.8. The van der Waals surface area contributed by atoms with Crippen LogP contribution in [0.25, 0.3) is 6.08 Å². The Hall–Kier alpha value is -3.95. The molecule has 216 valence electrons. The predicted molar refractivity (Wildman–Crippen MR) is 168 cm³/mol. The lowest BCUT2D eigenvalue weighted by molar-refractivity contribution is -0.143. The molecule has 0 saturated carbocycles. The molecule has 9 heteroatoms. The van der Waals surface area contributed by atoms with Gasteiger partial charge in [-0.1, -0.05) is 69.7 Å². The van der Waals surface area contributed by atoms with Crippen LogP contribution in [-0.2, 0) is 16.1 Å². The standard InChI is InChI=1S/C33H31BrN2O5S/c1-5-39-26-16-12-23(13-17-26)30-29(32(38)41-20(2)3)21(4)35-33-36(30)31(37)28(42-33)18-24-8-6-7-9-27(24)40-19-22-10-14-25(34)15-11-22/h6-18,20,30H,5,19H2,1-4H3/b28-18+/t30-/m0/s1. The van der Waals surface area contributed by atoms with Crippen LogP contribution in [0, 0.1) is 0 Å². The van der Waals surface area contributed by atoms with Gasteiger partial charge in [0.15, 0.2) is 4.80 Å². The summed E-state index contributed by atoms with van der Waals surface area (Å²) >= 11 is 4.74. The monoisotopic (exact) mass is 646 g/mol. The first kappa shape index (κ1) is 29.5. The van der Waals surface area contributed by atoms with E-state index in [0.717, 1.165) is 21.2 Å². The number of ether oxygens (including phenoxy) is 3. The van der Waals surface area contributed by atoms with Gasteiger partial charge in [-0.05, 0) is 75.2 Å². The summed E-state index contributed by atoms with van der Waals surface area (Å²) in [6.07, 6.45) is 1.50. The molecule has 1 aromatic heterocycles. The molecule has 1 atom stereocenters. The van der Waals surface area contributed by atoms with E-state index in [0.29, 0.717) is 45.3 Å². The molecule has 1 aliphatic rings. The normalized spacial score (nSPS) is 14.9. The number of allylic oxidation sites excluding steroid dienone is 1. The quantitative estimate of drug-likeness (QED) is 0.211. The summed E-state index contributed by atoms with van der Waals surface area (Å²) in [6, 6.07) is 22.3. The van der Waals surface area contributed by atoms with Gasteiger partial charge in [-0.3, -0.25) is 9.36 Å². The second-order valence-electron chi connectivity index (χ2n) is 9.99. The number of para-hydroxylation sites is 1. The number of rotatable bonds is 9. The summed E-state index contributed by atoms with van der Waals surface area (Å²) in [6.45, 7) is 8.21. The van der Waals surface area contributed by atoms with Crippen molar-refractivity contribution in [2.75, 3.05) is 6.61 Å².